The molecule has 3 aromatic rings. The summed E-state index contributed by atoms with van der Waals surface area (Å²) in [5.41, 5.74) is 2.14. The topological polar surface area (TPSA) is 79.5 Å². The van der Waals surface area contributed by atoms with Gasteiger partial charge in [-0.2, -0.15) is 5.26 Å². The van der Waals surface area contributed by atoms with E-state index in [1.54, 1.807) is 0 Å². The smallest absolute Gasteiger partial charge is 0.407 e. The molecule has 1 unspecified atom stereocenters. The zero-order chi connectivity index (χ0) is 23.4. The Labute approximate surface area is 194 Å². The highest BCUT2D eigenvalue weighted by Crippen LogP contribution is 2.34. The summed E-state index contributed by atoms with van der Waals surface area (Å²) in [6, 6.07) is 20.3. The lowest BCUT2D eigenvalue weighted by atomic mass is 10.2. The number of carbonyl (C=O) groups is 1. The molecule has 1 fully saturated rings. The van der Waals surface area contributed by atoms with E-state index >= 15 is 0 Å². The van der Waals surface area contributed by atoms with Crippen LogP contribution in [0.2, 0.25) is 0 Å². The van der Waals surface area contributed by atoms with Crippen molar-refractivity contribution in [2.45, 2.75) is 52.2 Å². The highest BCUT2D eigenvalue weighted by atomic mass is 16.6. The van der Waals surface area contributed by atoms with Gasteiger partial charge in [0.15, 0.2) is 0 Å². The summed E-state index contributed by atoms with van der Waals surface area (Å²) in [5.74, 6) is 0.834. The van der Waals surface area contributed by atoms with E-state index in [0.29, 0.717) is 25.4 Å². The molecule has 1 aliphatic rings. The number of rotatable bonds is 6. The number of carbonyl (C=O) groups excluding carboxylic acids is 1. The van der Waals surface area contributed by atoms with Crippen LogP contribution in [-0.2, 0) is 22.8 Å². The van der Waals surface area contributed by atoms with Gasteiger partial charge in [-0.15, -0.1) is 0 Å². The lowest BCUT2D eigenvalue weighted by molar-refractivity contribution is 0.0508. The van der Waals surface area contributed by atoms with Gasteiger partial charge < -0.3 is 24.3 Å². The first-order valence-electron chi connectivity index (χ1n) is 11.2. The normalized spacial score (nSPS) is 16.1. The molecule has 0 aliphatic carbocycles. The van der Waals surface area contributed by atoms with Crippen LogP contribution in [0.3, 0.4) is 0 Å². The number of amides is 1. The molecule has 1 amide bonds. The van der Waals surface area contributed by atoms with Crippen molar-refractivity contribution >= 4 is 22.8 Å². The minimum Gasteiger partial charge on any atom is -0.444 e. The maximum absolute atomic E-state index is 12.2. The number of nitriles is 1. The molecule has 33 heavy (non-hydrogen) atoms. The van der Waals surface area contributed by atoms with E-state index in [0.717, 1.165) is 35.2 Å². The number of alkyl carbamates (subject to hydrolysis) is 1. The third kappa shape index (κ3) is 5.29. The molecular weight excluding hydrogens is 416 g/mol. The maximum atomic E-state index is 12.2. The molecule has 1 aliphatic heterocycles. The van der Waals surface area contributed by atoms with Gasteiger partial charge >= 0.3 is 6.09 Å². The summed E-state index contributed by atoms with van der Waals surface area (Å²) in [5, 5.41) is 13.9. The molecule has 2 heterocycles. The van der Waals surface area contributed by atoms with Crippen LogP contribution in [0.1, 0.15) is 38.3 Å². The van der Waals surface area contributed by atoms with Crippen molar-refractivity contribution in [3.63, 3.8) is 0 Å². The zero-order valence-corrected chi connectivity index (χ0v) is 19.4. The minimum absolute atomic E-state index is 0.0527. The first-order valence-corrected chi connectivity index (χ1v) is 11.2. The average Bonchev–Trinajstić information content (AvgIpc) is 3.35. The fourth-order valence-electron chi connectivity index (χ4n) is 4.23. The SMILES string of the molecule is CC(C)(C)OC(=O)NC1CCN(c2c(C#N)c3ccccc3n2COCc2ccccc2)C1. The number of nitrogens with one attached hydrogen (secondary N) is 1. The number of fused-ring (bicyclic) bond motifs is 1. The van der Waals surface area contributed by atoms with Crippen molar-refractivity contribution in [3.8, 4) is 6.07 Å². The summed E-state index contributed by atoms with van der Waals surface area (Å²) in [4.78, 5) is 14.4. The van der Waals surface area contributed by atoms with Crippen LogP contribution in [0.5, 0.6) is 0 Å². The summed E-state index contributed by atoms with van der Waals surface area (Å²) >= 11 is 0. The fraction of sp³-hybridized carbons (Fsp3) is 0.385. The van der Waals surface area contributed by atoms with Crippen LogP contribution in [-0.4, -0.2) is 35.4 Å². The van der Waals surface area contributed by atoms with Gasteiger partial charge in [0.05, 0.1) is 18.2 Å². The second kappa shape index (κ2) is 9.55. The lowest BCUT2D eigenvalue weighted by Crippen LogP contribution is -2.40. The number of anilines is 1. The second-order valence-electron chi connectivity index (χ2n) is 9.30. The maximum Gasteiger partial charge on any atom is 0.407 e. The number of ether oxygens (including phenoxy) is 2. The summed E-state index contributed by atoms with van der Waals surface area (Å²) < 4.78 is 13.5. The van der Waals surface area contributed by atoms with E-state index < -0.39 is 11.7 Å². The molecule has 1 aromatic heterocycles. The second-order valence-corrected chi connectivity index (χ2v) is 9.30. The highest BCUT2D eigenvalue weighted by Gasteiger charge is 2.30. The molecule has 1 saturated heterocycles. The summed E-state index contributed by atoms with van der Waals surface area (Å²) in [6.45, 7) is 7.68. The van der Waals surface area contributed by atoms with Gasteiger partial charge in [-0.25, -0.2) is 4.79 Å². The van der Waals surface area contributed by atoms with E-state index in [1.165, 1.54) is 0 Å². The molecule has 7 nitrogen and oxygen atoms in total. The standard InChI is InChI=1S/C26H30N4O3/c1-26(2,3)33-25(31)28-20-13-14-29(16-20)24-22(15-27)21-11-7-8-12-23(21)30(24)18-32-17-19-9-5-4-6-10-19/h4-12,20H,13-14,16-18H2,1-3H3,(H,28,31). The number of nitrogens with zero attached hydrogens (tertiary/aromatic N) is 3. The van der Waals surface area contributed by atoms with Gasteiger partial charge in [0.2, 0.25) is 0 Å². The van der Waals surface area contributed by atoms with Crippen molar-refractivity contribution in [2.75, 3.05) is 18.0 Å². The molecule has 0 radical (unpaired) electrons. The van der Waals surface area contributed by atoms with Crippen LogP contribution in [0.15, 0.2) is 54.6 Å². The Hall–Kier alpha value is -3.50. The van der Waals surface area contributed by atoms with Crippen molar-refractivity contribution in [3.05, 3.63) is 65.7 Å². The van der Waals surface area contributed by atoms with Crippen LogP contribution in [0.25, 0.3) is 10.9 Å². The van der Waals surface area contributed by atoms with Gasteiger partial charge in [-0.3, -0.25) is 0 Å². The molecule has 0 bridgehead atoms. The van der Waals surface area contributed by atoms with Crippen molar-refractivity contribution in [1.82, 2.24) is 9.88 Å². The molecule has 1 N–H and O–H groups in total. The van der Waals surface area contributed by atoms with E-state index in [9.17, 15) is 10.1 Å². The van der Waals surface area contributed by atoms with E-state index in [-0.39, 0.29) is 6.04 Å². The number of aromatic nitrogens is 1. The molecule has 1 atom stereocenters. The van der Waals surface area contributed by atoms with Gasteiger partial charge in [-0.1, -0.05) is 48.5 Å². The van der Waals surface area contributed by atoms with Crippen molar-refractivity contribution < 1.29 is 14.3 Å². The van der Waals surface area contributed by atoms with Crippen molar-refractivity contribution in [2.24, 2.45) is 0 Å². The van der Waals surface area contributed by atoms with Gasteiger partial charge in [0, 0.05) is 18.5 Å². The van der Waals surface area contributed by atoms with Gasteiger partial charge in [0.1, 0.15) is 29.8 Å². The number of hydrogen-bond acceptors (Lipinski definition) is 5. The Morgan fingerprint density at radius 1 is 1.15 bits per heavy atom. The quantitative estimate of drug-likeness (QED) is 0.589. The molecule has 7 heteroatoms. The van der Waals surface area contributed by atoms with E-state index in [1.807, 2.05) is 75.4 Å². The Bertz CT molecular complexity index is 1160. The average molecular weight is 447 g/mol. The zero-order valence-electron chi connectivity index (χ0n) is 19.4. The first-order chi connectivity index (χ1) is 15.9. The Kier molecular flexibility index (Phi) is 6.57. The molecular formula is C26H30N4O3. The van der Waals surface area contributed by atoms with Gasteiger partial charge in [-0.05, 0) is 38.8 Å². The summed E-state index contributed by atoms with van der Waals surface area (Å²) in [7, 11) is 0. The number of benzene rings is 2. The van der Waals surface area contributed by atoms with Crippen LogP contribution >= 0.6 is 0 Å². The minimum atomic E-state index is -0.543. The van der Waals surface area contributed by atoms with Gasteiger partial charge in [0.25, 0.3) is 0 Å². The number of para-hydroxylation sites is 1. The predicted molar refractivity (Wildman–Crippen MR) is 128 cm³/mol. The third-order valence-corrected chi connectivity index (χ3v) is 5.60. The lowest BCUT2D eigenvalue weighted by Gasteiger charge is -2.23. The van der Waals surface area contributed by atoms with Crippen LogP contribution in [0.4, 0.5) is 10.6 Å². The molecule has 2 aromatic carbocycles. The monoisotopic (exact) mass is 446 g/mol. The third-order valence-electron chi connectivity index (χ3n) is 5.60. The Morgan fingerprint density at radius 2 is 1.88 bits per heavy atom. The largest absolute Gasteiger partial charge is 0.444 e. The number of hydrogen-bond donors (Lipinski definition) is 1. The molecule has 4 rings (SSSR count). The Morgan fingerprint density at radius 3 is 2.61 bits per heavy atom. The van der Waals surface area contributed by atoms with E-state index in [2.05, 4.69) is 20.9 Å². The predicted octanol–water partition coefficient (Wildman–Crippen LogP) is 4.79. The van der Waals surface area contributed by atoms with Crippen LogP contribution in [0, 0.1) is 11.3 Å². The fourth-order valence-corrected chi connectivity index (χ4v) is 4.23. The first kappa shape index (κ1) is 22.7. The van der Waals surface area contributed by atoms with Crippen LogP contribution < -0.4 is 10.2 Å². The highest BCUT2D eigenvalue weighted by molar-refractivity contribution is 5.93. The molecule has 172 valence electrons. The molecule has 0 saturated carbocycles. The Balaban J connectivity index is 1.55. The van der Waals surface area contributed by atoms with Crippen molar-refractivity contribution in [1.29, 1.82) is 5.26 Å². The molecule has 0 spiro atoms. The van der Waals surface area contributed by atoms with E-state index in [4.69, 9.17) is 9.47 Å². The summed E-state index contributed by atoms with van der Waals surface area (Å²) in [6.07, 6.45) is 0.359.